The summed E-state index contributed by atoms with van der Waals surface area (Å²) in [7, 11) is 0. The molecule has 4 nitrogen and oxygen atoms in total. The van der Waals surface area contributed by atoms with Gasteiger partial charge in [-0.3, -0.25) is 4.79 Å². The molecule has 1 heterocycles. The number of anilines is 1. The van der Waals surface area contributed by atoms with Crippen molar-refractivity contribution in [1.29, 1.82) is 0 Å². The number of hydrogen-bond donors (Lipinski definition) is 2. The topological polar surface area (TPSA) is 71.8 Å². The highest BCUT2D eigenvalue weighted by molar-refractivity contribution is 7.98. The molecule has 18 heavy (non-hydrogen) atoms. The van der Waals surface area contributed by atoms with Crippen LogP contribution >= 0.6 is 23.4 Å². The number of nitrogens with two attached hydrogens (primary N) is 1. The Kier molecular flexibility index (Phi) is 3.88. The molecular formula is C11H9ClFN3OS. The van der Waals surface area contributed by atoms with Crippen molar-refractivity contribution < 1.29 is 4.39 Å². The standard InChI is InChI=1S/C11H9ClFN3OS/c12-7-1-2-8(13)6(3-7)5-18-11-15-9(14)4-10(17)16-11/h1-4H,5H2,(H3,14,15,16,17). The van der Waals surface area contributed by atoms with Crippen LogP contribution in [0, 0.1) is 5.82 Å². The second-order valence-electron chi connectivity index (χ2n) is 3.50. The molecule has 2 rings (SSSR count). The molecule has 0 aliphatic heterocycles. The molecule has 1 aromatic heterocycles. The Hall–Kier alpha value is -1.53. The number of benzene rings is 1. The van der Waals surface area contributed by atoms with E-state index in [9.17, 15) is 9.18 Å². The van der Waals surface area contributed by atoms with E-state index in [-0.39, 0.29) is 17.2 Å². The molecule has 0 radical (unpaired) electrons. The Balaban J connectivity index is 2.16. The fraction of sp³-hybridized carbons (Fsp3) is 0.0909. The van der Waals surface area contributed by atoms with E-state index in [2.05, 4.69) is 9.97 Å². The molecule has 0 saturated carbocycles. The van der Waals surface area contributed by atoms with E-state index in [1.165, 1.54) is 36.0 Å². The van der Waals surface area contributed by atoms with Gasteiger partial charge in [-0.2, -0.15) is 0 Å². The Bertz CT molecular complexity index is 632. The molecule has 1 aromatic carbocycles. The maximum absolute atomic E-state index is 13.4. The van der Waals surface area contributed by atoms with Crippen molar-refractivity contribution >= 4 is 29.2 Å². The van der Waals surface area contributed by atoms with E-state index in [0.717, 1.165) is 0 Å². The van der Waals surface area contributed by atoms with Crippen LogP contribution in [0.1, 0.15) is 5.56 Å². The first kappa shape index (κ1) is 12.9. The van der Waals surface area contributed by atoms with Crippen LogP contribution in [0.2, 0.25) is 5.02 Å². The molecule has 0 amide bonds. The molecule has 0 aliphatic carbocycles. The summed E-state index contributed by atoms with van der Waals surface area (Å²) in [6, 6.07) is 5.50. The summed E-state index contributed by atoms with van der Waals surface area (Å²) >= 11 is 6.96. The average molecular weight is 286 g/mol. The van der Waals surface area contributed by atoms with Crippen molar-refractivity contribution in [3.05, 3.63) is 51.0 Å². The van der Waals surface area contributed by atoms with Gasteiger partial charge in [-0.15, -0.1) is 0 Å². The summed E-state index contributed by atoms with van der Waals surface area (Å²) in [4.78, 5) is 17.6. The number of H-pyrrole nitrogens is 1. The predicted molar refractivity (Wildman–Crippen MR) is 70.2 cm³/mol. The fourth-order valence-electron chi connectivity index (χ4n) is 1.32. The number of nitrogen functional groups attached to an aromatic ring is 1. The Morgan fingerprint density at radius 2 is 2.22 bits per heavy atom. The number of halogens is 2. The number of thioether (sulfide) groups is 1. The monoisotopic (exact) mass is 285 g/mol. The lowest BCUT2D eigenvalue weighted by Gasteiger charge is -2.04. The van der Waals surface area contributed by atoms with Crippen LogP contribution < -0.4 is 11.3 Å². The van der Waals surface area contributed by atoms with E-state index in [1.54, 1.807) is 0 Å². The van der Waals surface area contributed by atoms with E-state index in [4.69, 9.17) is 17.3 Å². The average Bonchev–Trinajstić information content (AvgIpc) is 2.29. The second kappa shape index (κ2) is 5.41. The fourth-order valence-corrected chi connectivity index (χ4v) is 2.37. The van der Waals surface area contributed by atoms with Crippen molar-refractivity contribution in [2.45, 2.75) is 10.9 Å². The number of nitrogens with zero attached hydrogens (tertiary/aromatic N) is 1. The smallest absolute Gasteiger partial charge is 0.253 e. The Morgan fingerprint density at radius 1 is 1.44 bits per heavy atom. The molecule has 0 bridgehead atoms. The number of aromatic amines is 1. The largest absolute Gasteiger partial charge is 0.383 e. The van der Waals surface area contributed by atoms with Gasteiger partial charge in [0.1, 0.15) is 11.6 Å². The molecular weight excluding hydrogens is 277 g/mol. The molecule has 0 spiro atoms. The van der Waals surface area contributed by atoms with Crippen LogP contribution in [0.3, 0.4) is 0 Å². The third kappa shape index (κ3) is 3.24. The lowest BCUT2D eigenvalue weighted by Crippen LogP contribution is -2.09. The van der Waals surface area contributed by atoms with Crippen LogP contribution in [0.5, 0.6) is 0 Å². The van der Waals surface area contributed by atoms with Gasteiger partial charge in [0.2, 0.25) is 0 Å². The van der Waals surface area contributed by atoms with Crippen molar-refractivity contribution in [3.63, 3.8) is 0 Å². The van der Waals surface area contributed by atoms with E-state index in [1.807, 2.05) is 0 Å². The number of aromatic nitrogens is 2. The summed E-state index contributed by atoms with van der Waals surface area (Å²) in [6.07, 6.45) is 0. The zero-order chi connectivity index (χ0) is 13.1. The highest BCUT2D eigenvalue weighted by Crippen LogP contribution is 2.23. The van der Waals surface area contributed by atoms with Crippen molar-refractivity contribution in [2.24, 2.45) is 0 Å². The summed E-state index contributed by atoms with van der Waals surface area (Å²) in [6.45, 7) is 0. The van der Waals surface area contributed by atoms with Gasteiger partial charge in [0.05, 0.1) is 0 Å². The van der Waals surface area contributed by atoms with Crippen molar-refractivity contribution in [1.82, 2.24) is 9.97 Å². The first-order chi connectivity index (χ1) is 8.54. The highest BCUT2D eigenvalue weighted by Gasteiger charge is 2.06. The molecule has 0 atom stereocenters. The van der Waals surface area contributed by atoms with Crippen LogP contribution in [0.15, 0.2) is 34.2 Å². The zero-order valence-corrected chi connectivity index (χ0v) is 10.7. The van der Waals surface area contributed by atoms with Gasteiger partial charge in [-0.25, -0.2) is 9.37 Å². The molecule has 3 N–H and O–H groups in total. The molecule has 94 valence electrons. The summed E-state index contributed by atoms with van der Waals surface area (Å²) in [5.41, 5.74) is 5.55. The van der Waals surface area contributed by atoms with Crippen molar-refractivity contribution in [2.75, 3.05) is 5.73 Å². The van der Waals surface area contributed by atoms with Crippen LogP contribution in [0.25, 0.3) is 0 Å². The third-order valence-corrected chi connectivity index (χ3v) is 3.27. The third-order valence-electron chi connectivity index (χ3n) is 2.11. The second-order valence-corrected chi connectivity index (χ2v) is 4.90. The number of rotatable bonds is 3. The minimum absolute atomic E-state index is 0.132. The quantitative estimate of drug-likeness (QED) is 0.671. The lowest BCUT2D eigenvalue weighted by atomic mass is 10.2. The van der Waals surface area contributed by atoms with Gasteiger partial charge < -0.3 is 10.7 Å². The number of nitrogens with one attached hydrogen (secondary N) is 1. The van der Waals surface area contributed by atoms with Gasteiger partial charge >= 0.3 is 0 Å². The van der Waals surface area contributed by atoms with Crippen molar-refractivity contribution in [3.8, 4) is 0 Å². The van der Waals surface area contributed by atoms with Crippen LogP contribution in [-0.4, -0.2) is 9.97 Å². The maximum atomic E-state index is 13.4. The predicted octanol–water partition coefficient (Wildman–Crippen LogP) is 2.44. The highest BCUT2D eigenvalue weighted by atomic mass is 35.5. The van der Waals surface area contributed by atoms with Crippen LogP contribution in [-0.2, 0) is 5.75 Å². The molecule has 0 aliphatic rings. The number of hydrogen-bond acceptors (Lipinski definition) is 4. The van der Waals surface area contributed by atoms with E-state index < -0.39 is 0 Å². The lowest BCUT2D eigenvalue weighted by molar-refractivity contribution is 0.617. The van der Waals surface area contributed by atoms with E-state index in [0.29, 0.717) is 21.5 Å². The SMILES string of the molecule is Nc1cc(=O)[nH]c(SCc2cc(Cl)ccc2F)n1. The molecule has 0 fully saturated rings. The minimum atomic E-state index is -0.349. The Labute approximate surface area is 111 Å². The summed E-state index contributed by atoms with van der Waals surface area (Å²) < 4.78 is 13.4. The molecule has 7 heteroatoms. The normalized spacial score (nSPS) is 10.6. The van der Waals surface area contributed by atoms with Gasteiger partial charge in [0.15, 0.2) is 5.16 Å². The maximum Gasteiger partial charge on any atom is 0.253 e. The molecule has 0 saturated heterocycles. The van der Waals surface area contributed by atoms with Gasteiger partial charge in [0, 0.05) is 16.8 Å². The van der Waals surface area contributed by atoms with Crippen LogP contribution in [0.4, 0.5) is 10.2 Å². The first-order valence-corrected chi connectivity index (χ1v) is 6.34. The van der Waals surface area contributed by atoms with E-state index >= 15 is 0 Å². The van der Waals surface area contributed by atoms with Gasteiger partial charge in [-0.1, -0.05) is 23.4 Å². The molecule has 2 aromatic rings. The van der Waals surface area contributed by atoms with Gasteiger partial charge in [-0.05, 0) is 23.8 Å². The minimum Gasteiger partial charge on any atom is -0.383 e. The summed E-state index contributed by atoms with van der Waals surface area (Å²) in [5, 5.41) is 0.806. The van der Waals surface area contributed by atoms with Gasteiger partial charge in [0.25, 0.3) is 5.56 Å². The molecule has 0 unspecified atom stereocenters. The zero-order valence-electron chi connectivity index (χ0n) is 9.11. The Morgan fingerprint density at radius 3 is 2.94 bits per heavy atom. The first-order valence-electron chi connectivity index (χ1n) is 4.98. The summed E-state index contributed by atoms with van der Waals surface area (Å²) in [5.74, 6) is 0.0877.